The van der Waals surface area contributed by atoms with E-state index in [-0.39, 0.29) is 5.54 Å². The summed E-state index contributed by atoms with van der Waals surface area (Å²) in [5.74, 6) is 1.02. The van der Waals surface area contributed by atoms with Crippen molar-refractivity contribution in [2.75, 3.05) is 5.75 Å². The first-order chi connectivity index (χ1) is 9.55. The van der Waals surface area contributed by atoms with Gasteiger partial charge < -0.3 is 5.73 Å². The minimum Gasteiger partial charge on any atom is -0.379 e. The summed E-state index contributed by atoms with van der Waals surface area (Å²) >= 11 is 8.63. The van der Waals surface area contributed by atoms with Gasteiger partial charge in [0.15, 0.2) is 5.17 Å². The molecule has 0 spiro atoms. The minimum absolute atomic E-state index is 0.193. The lowest BCUT2D eigenvalue weighted by Gasteiger charge is -2.27. The number of amidine groups is 1. The van der Waals surface area contributed by atoms with E-state index in [9.17, 15) is 0 Å². The molecule has 0 unspecified atom stereocenters. The maximum Gasteiger partial charge on any atom is 0.154 e. The Labute approximate surface area is 138 Å². The molecule has 0 fully saturated rings. The van der Waals surface area contributed by atoms with Crippen molar-refractivity contribution in [3.05, 3.63) is 36.9 Å². The number of thioether (sulfide) groups is 1. The second kappa shape index (κ2) is 5.79. The molecule has 3 nitrogen and oxygen atoms in total. The third kappa shape index (κ3) is 3.10. The van der Waals surface area contributed by atoms with Crippen LogP contribution in [-0.4, -0.2) is 15.9 Å². The van der Waals surface area contributed by atoms with Crippen LogP contribution in [0.25, 0.3) is 0 Å². The molecular formula is C13H14BrN3S3. The second-order valence-corrected chi connectivity index (χ2v) is 8.99. The fraction of sp³-hybridized carbons (Fsp3) is 0.385. The first-order valence-corrected chi connectivity index (χ1v) is 9.69. The zero-order valence-electron chi connectivity index (χ0n) is 10.9. The molecule has 0 aliphatic carbocycles. The van der Waals surface area contributed by atoms with E-state index in [1.54, 1.807) is 34.4 Å². The molecule has 20 heavy (non-hydrogen) atoms. The predicted molar refractivity (Wildman–Crippen MR) is 93.0 cm³/mol. The molecule has 2 N–H and O–H groups in total. The fourth-order valence-electron chi connectivity index (χ4n) is 2.10. The van der Waals surface area contributed by atoms with E-state index < -0.39 is 0 Å². The van der Waals surface area contributed by atoms with Gasteiger partial charge in [-0.05, 0) is 35.3 Å². The highest BCUT2D eigenvalue weighted by Gasteiger charge is 2.31. The number of thiophene rings is 1. The largest absolute Gasteiger partial charge is 0.379 e. The molecule has 0 saturated carbocycles. The normalized spacial score (nSPS) is 22.8. The molecule has 0 saturated heterocycles. The monoisotopic (exact) mass is 387 g/mol. The summed E-state index contributed by atoms with van der Waals surface area (Å²) in [7, 11) is 0. The molecule has 2 aromatic heterocycles. The first kappa shape index (κ1) is 14.6. The van der Waals surface area contributed by atoms with Crippen LogP contribution >= 0.6 is 50.4 Å². The number of nitrogens with zero attached hydrogens (tertiary/aromatic N) is 2. The van der Waals surface area contributed by atoms with E-state index in [0.717, 1.165) is 28.1 Å². The Kier molecular flexibility index (Phi) is 4.21. The van der Waals surface area contributed by atoms with Crippen LogP contribution < -0.4 is 5.73 Å². The molecule has 1 atom stereocenters. The minimum atomic E-state index is -0.193. The van der Waals surface area contributed by atoms with Crippen molar-refractivity contribution in [2.45, 2.75) is 25.3 Å². The van der Waals surface area contributed by atoms with Crippen molar-refractivity contribution >= 4 is 55.5 Å². The van der Waals surface area contributed by atoms with Gasteiger partial charge in [-0.25, -0.2) is 4.98 Å². The maximum atomic E-state index is 5.87. The van der Waals surface area contributed by atoms with Crippen LogP contribution in [0.1, 0.15) is 28.1 Å². The average Bonchev–Trinajstić information content (AvgIpc) is 2.99. The third-order valence-electron chi connectivity index (χ3n) is 3.23. The maximum absolute atomic E-state index is 5.87. The Hall–Kier alpha value is -0.370. The SMILES string of the molecule is C[C@@]1(c2cnc(Cc3cc(Br)cs3)s2)CCSC(N)=N1. The van der Waals surface area contributed by atoms with E-state index in [1.165, 1.54) is 9.75 Å². The Morgan fingerprint density at radius 1 is 1.50 bits per heavy atom. The van der Waals surface area contributed by atoms with Crippen LogP contribution in [-0.2, 0) is 12.0 Å². The molecule has 0 amide bonds. The molecular weight excluding hydrogens is 374 g/mol. The number of thiazole rings is 1. The highest BCUT2D eigenvalue weighted by Crippen LogP contribution is 2.38. The van der Waals surface area contributed by atoms with Gasteiger partial charge in [-0.3, -0.25) is 4.99 Å². The van der Waals surface area contributed by atoms with Gasteiger partial charge in [0.2, 0.25) is 0 Å². The van der Waals surface area contributed by atoms with Gasteiger partial charge in [0.05, 0.1) is 15.4 Å². The summed E-state index contributed by atoms with van der Waals surface area (Å²) in [6, 6.07) is 2.15. The summed E-state index contributed by atoms with van der Waals surface area (Å²) < 4.78 is 1.14. The zero-order valence-corrected chi connectivity index (χ0v) is 15.0. The van der Waals surface area contributed by atoms with Crippen LogP contribution in [0.15, 0.2) is 27.1 Å². The summed E-state index contributed by atoms with van der Waals surface area (Å²) in [4.78, 5) is 11.7. The molecule has 0 bridgehead atoms. The molecule has 106 valence electrons. The van der Waals surface area contributed by atoms with Crippen LogP contribution in [0.2, 0.25) is 0 Å². The Morgan fingerprint density at radius 3 is 3.05 bits per heavy atom. The number of nitrogens with two attached hydrogens (primary N) is 1. The molecule has 0 radical (unpaired) electrons. The van der Waals surface area contributed by atoms with Crippen molar-refractivity contribution < 1.29 is 0 Å². The standard InChI is InChI=1S/C13H14BrN3S3/c1-13(2-3-18-12(15)17-13)10-6-16-11(20-10)5-9-4-8(14)7-19-9/h4,6-7H,2-3,5H2,1H3,(H2,15,17)/t13-/m0/s1. The van der Waals surface area contributed by atoms with Gasteiger partial charge in [0, 0.05) is 33.1 Å². The Morgan fingerprint density at radius 2 is 2.35 bits per heavy atom. The van der Waals surface area contributed by atoms with Gasteiger partial charge in [-0.15, -0.1) is 22.7 Å². The van der Waals surface area contributed by atoms with Gasteiger partial charge in [0.1, 0.15) is 0 Å². The van der Waals surface area contributed by atoms with Gasteiger partial charge in [-0.2, -0.15) is 0 Å². The lowest BCUT2D eigenvalue weighted by molar-refractivity contribution is 0.491. The van der Waals surface area contributed by atoms with Crippen LogP contribution in [0, 0.1) is 0 Å². The van der Waals surface area contributed by atoms with Gasteiger partial charge in [0.25, 0.3) is 0 Å². The van der Waals surface area contributed by atoms with E-state index in [2.05, 4.69) is 44.3 Å². The van der Waals surface area contributed by atoms with Crippen LogP contribution in [0.4, 0.5) is 0 Å². The molecule has 3 heterocycles. The highest BCUT2D eigenvalue weighted by molar-refractivity contribution is 9.10. The summed E-state index contributed by atoms with van der Waals surface area (Å²) in [5, 5.41) is 3.94. The van der Waals surface area contributed by atoms with E-state index >= 15 is 0 Å². The van der Waals surface area contributed by atoms with E-state index in [1.807, 2.05) is 6.20 Å². The van der Waals surface area contributed by atoms with Gasteiger partial charge >= 0.3 is 0 Å². The predicted octanol–water partition coefficient (Wildman–Crippen LogP) is 4.22. The van der Waals surface area contributed by atoms with Gasteiger partial charge in [-0.1, -0.05) is 11.8 Å². The first-order valence-electron chi connectivity index (χ1n) is 6.21. The molecule has 1 aliphatic heterocycles. The highest BCUT2D eigenvalue weighted by atomic mass is 79.9. The van der Waals surface area contributed by atoms with Crippen molar-refractivity contribution in [1.82, 2.24) is 4.98 Å². The number of aromatic nitrogens is 1. The van der Waals surface area contributed by atoms with Crippen molar-refractivity contribution in [3.63, 3.8) is 0 Å². The van der Waals surface area contributed by atoms with Crippen molar-refractivity contribution in [1.29, 1.82) is 0 Å². The number of aliphatic imine (C=N–C) groups is 1. The van der Waals surface area contributed by atoms with E-state index in [0.29, 0.717) is 5.17 Å². The zero-order chi connectivity index (χ0) is 14.2. The number of rotatable bonds is 3. The lowest BCUT2D eigenvalue weighted by atomic mass is 9.98. The fourth-order valence-corrected chi connectivity index (χ4v) is 5.68. The molecule has 3 rings (SSSR count). The molecule has 0 aromatic carbocycles. The number of hydrogen-bond acceptors (Lipinski definition) is 6. The smallest absolute Gasteiger partial charge is 0.154 e. The third-order valence-corrected chi connectivity index (χ3v) is 6.97. The average molecular weight is 388 g/mol. The quantitative estimate of drug-likeness (QED) is 0.856. The van der Waals surface area contributed by atoms with Crippen LogP contribution in [0.5, 0.6) is 0 Å². The van der Waals surface area contributed by atoms with Crippen molar-refractivity contribution in [3.8, 4) is 0 Å². The second-order valence-electron chi connectivity index (χ2n) is 4.85. The summed E-state index contributed by atoms with van der Waals surface area (Å²) in [5.41, 5.74) is 5.68. The Bertz CT molecular complexity index is 649. The van der Waals surface area contributed by atoms with Crippen LogP contribution in [0.3, 0.4) is 0 Å². The molecule has 7 heteroatoms. The Balaban J connectivity index is 1.81. The summed E-state index contributed by atoms with van der Waals surface area (Å²) in [6.07, 6.45) is 3.88. The topological polar surface area (TPSA) is 51.3 Å². The molecule has 2 aromatic rings. The number of halogens is 1. The van der Waals surface area contributed by atoms with E-state index in [4.69, 9.17) is 5.73 Å². The lowest BCUT2D eigenvalue weighted by Crippen LogP contribution is -2.27. The molecule has 1 aliphatic rings. The van der Waals surface area contributed by atoms with Crippen molar-refractivity contribution in [2.24, 2.45) is 10.7 Å². The number of hydrogen-bond donors (Lipinski definition) is 1. The summed E-state index contributed by atoms with van der Waals surface area (Å²) in [6.45, 7) is 2.15.